The van der Waals surface area contributed by atoms with Crippen molar-refractivity contribution in [1.82, 2.24) is 14.6 Å². The third kappa shape index (κ3) is 8.38. The van der Waals surface area contributed by atoms with Crippen LogP contribution in [0.25, 0.3) is 10.2 Å². The minimum atomic E-state index is -1.49. The van der Waals surface area contributed by atoms with E-state index >= 15 is 0 Å². The number of carbonyl (C=O) groups is 1. The maximum Gasteiger partial charge on any atom is 0.407 e. The number of nitrogens with one attached hydrogen (secondary N) is 1. The quantitative estimate of drug-likeness (QED) is 0.404. The number of carbonyl (C=O) groups excluding carboxylic acids is 1. The lowest BCUT2D eigenvalue weighted by Gasteiger charge is -2.31. The Hall–Kier alpha value is -2.33. The third-order valence-electron chi connectivity index (χ3n) is 5.16. The molecule has 0 saturated carbocycles. The molecule has 1 unspecified atom stereocenters. The lowest BCUT2D eigenvalue weighted by Crippen LogP contribution is -2.51. The van der Waals surface area contributed by atoms with Crippen molar-refractivity contribution in [2.45, 2.75) is 63.7 Å². The number of aromatic nitrogens is 1. The number of rotatable bonds is 10. The van der Waals surface area contributed by atoms with E-state index in [1.165, 1.54) is 11.3 Å². The first-order valence-electron chi connectivity index (χ1n) is 11.7. The standard InChI is InChI=1S/C26H35N3O4S2/c1-18(2)15-29(35(32)20-11-12-21-24(14-20)34-17-27-21)16-23(30)22(13-19-9-7-6-8-10-19)28-25(31)33-26(3,4)5/h6-12,14,17-18,22-23,30H,13,15-16H2,1-5H3,(H,28,31)/t22-,23+,35?/m0/s1. The van der Waals surface area contributed by atoms with Gasteiger partial charge in [-0.2, -0.15) is 0 Å². The van der Waals surface area contributed by atoms with Crippen molar-refractivity contribution < 1.29 is 18.8 Å². The Kier molecular flexibility index (Phi) is 9.40. The molecule has 1 amide bonds. The van der Waals surface area contributed by atoms with Crippen LogP contribution < -0.4 is 5.32 Å². The van der Waals surface area contributed by atoms with Crippen LogP contribution in [0.2, 0.25) is 0 Å². The number of aliphatic hydroxyl groups is 1. The molecule has 7 nitrogen and oxygen atoms in total. The third-order valence-corrected chi connectivity index (χ3v) is 7.38. The van der Waals surface area contributed by atoms with Gasteiger partial charge in [0.25, 0.3) is 0 Å². The number of hydrogen-bond acceptors (Lipinski definition) is 6. The van der Waals surface area contributed by atoms with E-state index in [9.17, 15) is 14.1 Å². The van der Waals surface area contributed by atoms with E-state index < -0.39 is 34.8 Å². The van der Waals surface area contributed by atoms with Crippen molar-refractivity contribution in [2.24, 2.45) is 5.92 Å². The predicted molar refractivity (Wildman–Crippen MR) is 142 cm³/mol. The molecule has 35 heavy (non-hydrogen) atoms. The molecule has 0 radical (unpaired) electrons. The van der Waals surface area contributed by atoms with Gasteiger partial charge in [0.15, 0.2) is 0 Å². The highest BCUT2D eigenvalue weighted by Gasteiger charge is 2.29. The van der Waals surface area contributed by atoms with Gasteiger partial charge in [0.05, 0.1) is 32.8 Å². The molecule has 0 spiro atoms. The molecule has 0 bridgehead atoms. The Balaban J connectivity index is 1.81. The van der Waals surface area contributed by atoms with Crippen LogP contribution in [-0.2, 0) is 22.1 Å². The lowest BCUT2D eigenvalue weighted by atomic mass is 10.0. The van der Waals surface area contributed by atoms with Gasteiger partial charge in [0.2, 0.25) is 0 Å². The van der Waals surface area contributed by atoms with Crippen molar-refractivity contribution in [3.63, 3.8) is 0 Å². The number of amides is 1. The van der Waals surface area contributed by atoms with Crippen LogP contribution in [0.15, 0.2) is 58.9 Å². The molecular formula is C26H35N3O4S2. The van der Waals surface area contributed by atoms with Crippen LogP contribution in [0.1, 0.15) is 40.2 Å². The van der Waals surface area contributed by atoms with E-state index in [1.54, 1.807) is 30.6 Å². The predicted octanol–water partition coefficient (Wildman–Crippen LogP) is 4.77. The molecule has 0 aliphatic rings. The first kappa shape index (κ1) is 27.3. The molecule has 3 aromatic rings. The fraction of sp³-hybridized carbons (Fsp3) is 0.462. The van der Waals surface area contributed by atoms with Crippen molar-refractivity contribution in [1.29, 1.82) is 0 Å². The van der Waals surface area contributed by atoms with Gasteiger partial charge in [-0.3, -0.25) is 0 Å². The fourth-order valence-corrected chi connectivity index (χ4v) is 5.87. The van der Waals surface area contributed by atoms with Crippen molar-refractivity contribution >= 4 is 38.6 Å². The second-order valence-electron chi connectivity index (χ2n) is 9.98. The van der Waals surface area contributed by atoms with Gasteiger partial charge in [-0.25, -0.2) is 18.3 Å². The zero-order valence-electron chi connectivity index (χ0n) is 20.9. The van der Waals surface area contributed by atoms with Crippen LogP contribution in [-0.4, -0.2) is 55.5 Å². The topological polar surface area (TPSA) is 91.8 Å². The fourth-order valence-electron chi connectivity index (χ4n) is 3.66. The Morgan fingerprint density at radius 2 is 1.89 bits per heavy atom. The van der Waals surface area contributed by atoms with Crippen LogP contribution in [0.3, 0.4) is 0 Å². The number of aliphatic hydroxyl groups excluding tert-OH is 1. The second-order valence-corrected chi connectivity index (χ2v) is 12.4. The highest BCUT2D eigenvalue weighted by molar-refractivity contribution is 7.82. The number of benzene rings is 2. The summed E-state index contributed by atoms with van der Waals surface area (Å²) in [5.41, 5.74) is 2.95. The molecule has 3 atom stereocenters. The van der Waals surface area contributed by atoms with Gasteiger partial charge in [0.1, 0.15) is 16.6 Å². The van der Waals surface area contributed by atoms with Crippen molar-refractivity contribution in [3.05, 3.63) is 59.6 Å². The summed E-state index contributed by atoms with van der Waals surface area (Å²) in [7, 11) is -1.49. The Morgan fingerprint density at radius 3 is 2.54 bits per heavy atom. The summed E-state index contributed by atoms with van der Waals surface area (Å²) in [4.78, 5) is 17.5. The summed E-state index contributed by atoms with van der Waals surface area (Å²) in [6, 6.07) is 14.6. The number of alkyl carbamates (subject to hydrolysis) is 1. The zero-order valence-corrected chi connectivity index (χ0v) is 22.6. The number of hydrogen-bond donors (Lipinski definition) is 2. The number of ether oxygens (including phenoxy) is 1. The number of nitrogens with zero attached hydrogens (tertiary/aromatic N) is 2. The lowest BCUT2D eigenvalue weighted by molar-refractivity contribution is 0.0401. The van der Waals surface area contributed by atoms with Gasteiger partial charge in [-0.15, -0.1) is 11.3 Å². The molecule has 3 rings (SSSR count). The monoisotopic (exact) mass is 517 g/mol. The summed E-state index contributed by atoms with van der Waals surface area (Å²) < 4.78 is 21.7. The number of fused-ring (bicyclic) bond motifs is 1. The molecule has 1 aromatic heterocycles. The Morgan fingerprint density at radius 1 is 1.17 bits per heavy atom. The summed E-state index contributed by atoms with van der Waals surface area (Å²) in [5, 5.41) is 14.1. The van der Waals surface area contributed by atoms with E-state index in [2.05, 4.69) is 10.3 Å². The van der Waals surface area contributed by atoms with E-state index in [-0.39, 0.29) is 12.5 Å². The van der Waals surface area contributed by atoms with Crippen molar-refractivity contribution in [2.75, 3.05) is 13.1 Å². The van der Waals surface area contributed by atoms with Crippen LogP contribution in [0, 0.1) is 5.92 Å². The average molecular weight is 518 g/mol. The molecular weight excluding hydrogens is 482 g/mol. The summed E-state index contributed by atoms with van der Waals surface area (Å²) in [6.07, 6.45) is -1.15. The molecule has 2 N–H and O–H groups in total. The van der Waals surface area contributed by atoms with Crippen LogP contribution in [0.4, 0.5) is 4.79 Å². The maximum absolute atomic E-state index is 13.6. The molecule has 2 aromatic carbocycles. The van der Waals surface area contributed by atoms with E-state index in [0.29, 0.717) is 17.9 Å². The van der Waals surface area contributed by atoms with Gasteiger partial charge in [-0.05, 0) is 56.9 Å². The molecule has 1 heterocycles. The highest BCUT2D eigenvalue weighted by atomic mass is 32.2. The van der Waals surface area contributed by atoms with Gasteiger partial charge >= 0.3 is 6.09 Å². The highest BCUT2D eigenvalue weighted by Crippen LogP contribution is 2.23. The Bertz CT molecular complexity index is 1130. The van der Waals surface area contributed by atoms with E-state index in [1.807, 2.05) is 62.4 Å². The van der Waals surface area contributed by atoms with Crippen LogP contribution in [0.5, 0.6) is 0 Å². The Labute approximate surface area is 214 Å². The first-order chi connectivity index (χ1) is 16.5. The maximum atomic E-state index is 13.6. The molecule has 9 heteroatoms. The molecule has 0 aliphatic heterocycles. The van der Waals surface area contributed by atoms with Crippen LogP contribution >= 0.6 is 11.3 Å². The minimum Gasteiger partial charge on any atom is -0.444 e. The molecule has 0 saturated heterocycles. The summed E-state index contributed by atoms with van der Waals surface area (Å²) in [5.74, 6) is 0.227. The normalized spacial score (nSPS) is 14.7. The zero-order chi connectivity index (χ0) is 25.6. The largest absolute Gasteiger partial charge is 0.444 e. The van der Waals surface area contributed by atoms with E-state index in [0.717, 1.165) is 15.8 Å². The van der Waals surface area contributed by atoms with Crippen molar-refractivity contribution in [3.8, 4) is 0 Å². The summed E-state index contributed by atoms with van der Waals surface area (Å²) in [6.45, 7) is 10.1. The smallest absolute Gasteiger partial charge is 0.407 e. The average Bonchev–Trinajstić information content (AvgIpc) is 3.24. The van der Waals surface area contributed by atoms with Gasteiger partial charge in [0, 0.05) is 13.1 Å². The van der Waals surface area contributed by atoms with Gasteiger partial charge < -0.3 is 15.2 Å². The van der Waals surface area contributed by atoms with E-state index in [4.69, 9.17) is 4.74 Å². The molecule has 0 fully saturated rings. The molecule has 190 valence electrons. The minimum absolute atomic E-state index is 0.124. The summed E-state index contributed by atoms with van der Waals surface area (Å²) >= 11 is 1.50. The first-order valence-corrected chi connectivity index (χ1v) is 13.7. The SMILES string of the molecule is CC(C)CN(C[C@@H](O)[C@H](Cc1ccccc1)NC(=O)OC(C)(C)C)S(=O)c1ccc2ncsc2c1. The second kappa shape index (κ2) is 12.1. The number of thiazole rings is 1. The molecule has 0 aliphatic carbocycles. The van der Waals surface area contributed by atoms with Gasteiger partial charge in [-0.1, -0.05) is 44.2 Å².